The smallest absolute Gasteiger partial charge is 0.260 e. The summed E-state index contributed by atoms with van der Waals surface area (Å²) in [6, 6.07) is 9.67. The number of nitrogens with one attached hydrogen (secondary N) is 2. The van der Waals surface area contributed by atoms with Crippen LogP contribution in [0.2, 0.25) is 0 Å². The minimum atomic E-state index is -0.134. The molecule has 8 heteroatoms. The van der Waals surface area contributed by atoms with Gasteiger partial charge in [0.15, 0.2) is 17.3 Å². The zero-order chi connectivity index (χ0) is 19.8. The SMILES string of the molecule is C[NH+](Cc1ccc2c(c1)OCCO2)Cc1nc2scc(-c3ccco3)c2c(=O)[nH]1. The van der Waals surface area contributed by atoms with Gasteiger partial charge in [-0.1, -0.05) is 0 Å². The monoisotopic (exact) mass is 410 g/mol. The standard InChI is InChI=1S/C21H19N3O4S/c1-24(10-13-4-5-16-17(9-13)28-8-7-27-16)11-18-22-20(25)19-14(12-29-21(19)23-18)15-3-2-6-26-15/h2-6,9,12H,7-8,10-11H2,1H3,(H,22,23,25)/p+1. The maximum absolute atomic E-state index is 12.7. The third-order valence-corrected chi connectivity index (χ3v) is 5.73. The van der Waals surface area contributed by atoms with Crippen LogP contribution in [0.15, 0.2) is 51.2 Å². The summed E-state index contributed by atoms with van der Waals surface area (Å²) in [6.45, 7) is 2.54. The Labute approximate surface area is 170 Å². The maximum Gasteiger partial charge on any atom is 0.260 e. The van der Waals surface area contributed by atoms with E-state index in [9.17, 15) is 4.79 Å². The third-order valence-electron chi connectivity index (χ3n) is 4.86. The molecule has 1 aliphatic rings. The highest BCUT2D eigenvalue weighted by Crippen LogP contribution is 2.31. The van der Waals surface area contributed by atoms with E-state index in [1.54, 1.807) is 6.26 Å². The second-order valence-corrected chi connectivity index (χ2v) is 7.97. The predicted molar refractivity (Wildman–Crippen MR) is 110 cm³/mol. The number of H-pyrrole nitrogens is 1. The third kappa shape index (κ3) is 3.52. The number of aromatic nitrogens is 2. The average Bonchev–Trinajstić information content (AvgIpc) is 3.37. The van der Waals surface area contributed by atoms with E-state index in [4.69, 9.17) is 13.9 Å². The lowest BCUT2D eigenvalue weighted by Gasteiger charge is -2.19. The average molecular weight is 410 g/mol. The number of thiophene rings is 1. The van der Waals surface area contributed by atoms with E-state index in [1.165, 1.54) is 16.2 Å². The molecule has 148 valence electrons. The normalized spacial score (nSPS) is 14.2. The molecule has 1 aromatic carbocycles. The molecule has 1 aliphatic heterocycles. The van der Waals surface area contributed by atoms with Gasteiger partial charge in [-0.05, 0) is 30.3 Å². The number of ether oxygens (including phenoxy) is 2. The first kappa shape index (κ1) is 18.0. The minimum Gasteiger partial charge on any atom is -0.486 e. The van der Waals surface area contributed by atoms with Crippen molar-refractivity contribution in [2.24, 2.45) is 0 Å². The summed E-state index contributed by atoms with van der Waals surface area (Å²) in [7, 11) is 2.07. The number of benzene rings is 1. The summed E-state index contributed by atoms with van der Waals surface area (Å²) in [5, 5.41) is 2.50. The van der Waals surface area contributed by atoms with Crippen molar-refractivity contribution in [3.63, 3.8) is 0 Å². The van der Waals surface area contributed by atoms with Crippen molar-refractivity contribution in [3.05, 3.63) is 63.7 Å². The lowest BCUT2D eigenvalue weighted by molar-refractivity contribution is -0.908. The summed E-state index contributed by atoms with van der Waals surface area (Å²) >= 11 is 1.46. The molecule has 5 rings (SSSR count). The molecule has 0 fully saturated rings. The fourth-order valence-electron chi connectivity index (χ4n) is 3.58. The second-order valence-electron chi connectivity index (χ2n) is 7.11. The first-order chi connectivity index (χ1) is 14.2. The largest absolute Gasteiger partial charge is 0.486 e. The van der Waals surface area contributed by atoms with Crippen LogP contribution >= 0.6 is 11.3 Å². The van der Waals surface area contributed by atoms with Crippen molar-refractivity contribution in [3.8, 4) is 22.8 Å². The molecule has 0 radical (unpaired) electrons. The first-order valence-electron chi connectivity index (χ1n) is 9.41. The van der Waals surface area contributed by atoms with Crippen LogP contribution in [0.5, 0.6) is 11.5 Å². The van der Waals surface area contributed by atoms with Crippen LogP contribution in [-0.4, -0.2) is 30.2 Å². The fraction of sp³-hybridized carbons (Fsp3) is 0.238. The quantitative estimate of drug-likeness (QED) is 0.527. The number of hydrogen-bond donors (Lipinski definition) is 2. The van der Waals surface area contributed by atoms with Gasteiger partial charge in [0.1, 0.15) is 36.9 Å². The topological polar surface area (TPSA) is 81.8 Å². The Balaban J connectivity index is 1.35. The number of aromatic amines is 1. The molecule has 7 nitrogen and oxygen atoms in total. The zero-order valence-electron chi connectivity index (χ0n) is 15.9. The fourth-order valence-corrected chi connectivity index (χ4v) is 4.53. The summed E-state index contributed by atoms with van der Waals surface area (Å²) in [5.41, 5.74) is 1.79. The van der Waals surface area contributed by atoms with Crippen LogP contribution in [0.4, 0.5) is 0 Å². The van der Waals surface area contributed by atoms with Gasteiger partial charge in [-0.25, -0.2) is 4.98 Å². The van der Waals surface area contributed by atoms with Crippen LogP contribution < -0.4 is 19.9 Å². The highest BCUT2D eigenvalue weighted by molar-refractivity contribution is 7.17. The molecule has 1 unspecified atom stereocenters. The van der Waals surface area contributed by atoms with Crippen LogP contribution in [0, 0.1) is 0 Å². The molecular weight excluding hydrogens is 390 g/mol. The van der Waals surface area contributed by atoms with Crippen molar-refractivity contribution < 1.29 is 18.8 Å². The van der Waals surface area contributed by atoms with Gasteiger partial charge in [0, 0.05) is 16.5 Å². The second kappa shape index (κ2) is 7.38. The van der Waals surface area contributed by atoms with Gasteiger partial charge in [-0.15, -0.1) is 11.3 Å². The van der Waals surface area contributed by atoms with Gasteiger partial charge in [0.2, 0.25) is 0 Å². The van der Waals surface area contributed by atoms with Gasteiger partial charge in [0.25, 0.3) is 5.56 Å². The number of nitrogens with zero attached hydrogens (tertiary/aromatic N) is 1. The molecule has 29 heavy (non-hydrogen) atoms. The van der Waals surface area contributed by atoms with Gasteiger partial charge >= 0.3 is 0 Å². The summed E-state index contributed by atoms with van der Waals surface area (Å²) in [4.78, 5) is 22.2. The van der Waals surface area contributed by atoms with Crippen molar-refractivity contribution >= 4 is 21.6 Å². The Morgan fingerprint density at radius 2 is 2.03 bits per heavy atom. The number of rotatable bonds is 5. The van der Waals surface area contributed by atoms with Gasteiger partial charge in [-0.3, -0.25) is 4.79 Å². The van der Waals surface area contributed by atoms with E-state index in [2.05, 4.69) is 17.0 Å². The van der Waals surface area contributed by atoms with E-state index in [0.717, 1.165) is 34.0 Å². The van der Waals surface area contributed by atoms with Crippen molar-refractivity contribution in [1.82, 2.24) is 9.97 Å². The molecule has 0 amide bonds. The molecule has 3 aromatic heterocycles. The summed E-state index contributed by atoms with van der Waals surface area (Å²) in [5.74, 6) is 2.93. The van der Waals surface area contributed by atoms with Crippen LogP contribution in [0.3, 0.4) is 0 Å². The Hall–Kier alpha value is -3.10. The maximum atomic E-state index is 12.7. The highest BCUT2D eigenvalue weighted by Gasteiger charge is 2.17. The zero-order valence-corrected chi connectivity index (χ0v) is 16.7. The van der Waals surface area contributed by atoms with Gasteiger partial charge in [-0.2, -0.15) is 0 Å². The Morgan fingerprint density at radius 3 is 2.86 bits per heavy atom. The van der Waals surface area contributed by atoms with E-state index < -0.39 is 0 Å². The predicted octanol–water partition coefficient (Wildman–Crippen LogP) is 2.23. The van der Waals surface area contributed by atoms with Crippen molar-refractivity contribution in [2.75, 3.05) is 20.3 Å². The first-order valence-corrected chi connectivity index (χ1v) is 10.3. The summed E-state index contributed by atoms with van der Waals surface area (Å²) < 4.78 is 16.7. The van der Waals surface area contributed by atoms with E-state index in [1.807, 2.05) is 35.7 Å². The molecule has 0 aliphatic carbocycles. The molecule has 4 heterocycles. The lowest BCUT2D eigenvalue weighted by atomic mass is 10.2. The number of furan rings is 1. The number of fused-ring (bicyclic) bond motifs is 2. The van der Waals surface area contributed by atoms with Gasteiger partial charge in [0.05, 0.1) is 18.7 Å². The minimum absolute atomic E-state index is 0.134. The molecule has 0 saturated carbocycles. The van der Waals surface area contributed by atoms with E-state index in [0.29, 0.717) is 36.7 Å². The summed E-state index contributed by atoms with van der Waals surface area (Å²) in [6.07, 6.45) is 1.60. The Morgan fingerprint density at radius 1 is 1.17 bits per heavy atom. The van der Waals surface area contributed by atoms with Crippen LogP contribution in [0.25, 0.3) is 21.5 Å². The van der Waals surface area contributed by atoms with Gasteiger partial charge < -0.3 is 23.8 Å². The highest BCUT2D eigenvalue weighted by atomic mass is 32.1. The number of quaternary nitrogens is 1. The Kier molecular flexibility index (Phi) is 4.57. The molecule has 2 N–H and O–H groups in total. The lowest BCUT2D eigenvalue weighted by Crippen LogP contribution is -3.06. The molecule has 0 spiro atoms. The Bertz CT molecular complexity index is 1210. The molecule has 1 atom stereocenters. The van der Waals surface area contributed by atoms with Crippen molar-refractivity contribution in [1.29, 1.82) is 0 Å². The molecule has 4 aromatic rings. The molecule has 0 saturated heterocycles. The number of hydrogen-bond acceptors (Lipinski definition) is 6. The molecule has 0 bridgehead atoms. The molecular formula is C21H20N3O4S+. The van der Waals surface area contributed by atoms with E-state index >= 15 is 0 Å². The van der Waals surface area contributed by atoms with Crippen LogP contribution in [0.1, 0.15) is 11.4 Å². The van der Waals surface area contributed by atoms with Crippen LogP contribution in [-0.2, 0) is 13.1 Å². The van der Waals surface area contributed by atoms with E-state index in [-0.39, 0.29) is 5.56 Å². The van der Waals surface area contributed by atoms with Crippen molar-refractivity contribution in [2.45, 2.75) is 13.1 Å².